The third-order valence-electron chi connectivity index (χ3n) is 5.96. The van der Waals surface area contributed by atoms with Crippen LogP contribution in [0.2, 0.25) is 0 Å². The number of alkyl halides is 3. The van der Waals surface area contributed by atoms with E-state index in [9.17, 15) is 22.4 Å². The maximum Gasteiger partial charge on any atom is 0.416 e. The minimum atomic E-state index is -4.47. The minimum Gasteiger partial charge on any atom is -0.318 e. The van der Waals surface area contributed by atoms with Crippen LogP contribution in [-0.4, -0.2) is 26.4 Å². The number of aliphatic imine (C=N–C) groups is 1. The smallest absolute Gasteiger partial charge is 0.318 e. The van der Waals surface area contributed by atoms with Crippen LogP contribution in [-0.2, 0) is 11.0 Å². The van der Waals surface area contributed by atoms with E-state index in [0.29, 0.717) is 39.1 Å². The highest BCUT2D eigenvalue weighted by Crippen LogP contribution is 2.38. The molecule has 0 unspecified atom stereocenters. The number of fused-ring (bicyclic) bond motifs is 1. The number of amides is 1. The normalized spacial score (nSPS) is 16.9. The van der Waals surface area contributed by atoms with Crippen LogP contribution in [0.4, 0.5) is 17.6 Å². The molecule has 1 aromatic heterocycles. The molecule has 0 radical (unpaired) electrons. The molecule has 3 aromatic rings. The van der Waals surface area contributed by atoms with Crippen LogP contribution in [0.15, 0.2) is 70.6 Å². The number of halogens is 4. The summed E-state index contributed by atoms with van der Waals surface area (Å²) >= 11 is 1.19. The summed E-state index contributed by atoms with van der Waals surface area (Å²) in [5.74, 6) is -1.06. The molecular weight excluding hydrogens is 492 g/mol. The van der Waals surface area contributed by atoms with Gasteiger partial charge in [-0.2, -0.15) is 18.2 Å². The molecule has 0 aliphatic carbocycles. The van der Waals surface area contributed by atoms with Gasteiger partial charge in [0.25, 0.3) is 5.91 Å². The summed E-state index contributed by atoms with van der Waals surface area (Å²) in [6.45, 7) is 3.49. The molecule has 10 heteroatoms. The number of thioether (sulfide) groups is 1. The third-order valence-corrected chi connectivity index (χ3v) is 6.78. The molecule has 0 fully saturated rings. The lowest BCUT2D eigenvalue weighted by atomic mass is 10.1. The Morgan fingerprint density at radius 3 is 2.47 bits per heavy atom. The first kappa shape index (κ1) is 23.8. The van der Waals surface area contributed by atoms with Gasteiger partial charge < -0.3 is 4.57 Å². The van der Waals surface area contributed by atoms with Gasteiger partial charge >= 0.3 is 6.18 Å². The van der Waals surface area contributed by atoms with E-state index >= 15 is 0 Å². The molecule has 2 aromatic carbocycles. The summed E-state index contributed by atoms with van der Waals surface area (Å²) in [5.41, 5.74) is 2.74. The van der Waals surface area contributed by atoms with Gasteiger partial charge in [0, 0.05) is 22.5 Å². The van der Waals surface area contributed by atoms with Gasteiger partial charge in [-0.1, -0.05) is 17.8 Å². The average Bonchev–Trinajstić information content (AvgIpc) is 3.37. The Bertz CT molecular complexity index is 1510. The second kappa shape index (κ2) is 8.63. The molecule has 5 nitrogen and oxygen atoms in total. The number of nitrogens with zero attached hydrogens (tertiary/aromatic N) is 3. The first-order chi connectivity index (χ1) is 17.0. The Morgan fingerprint density at radius 1 is 1.06 bits per heavy atom. The first-order valence-electron chi connectivity index (χ1n) is 10.8. The predicted octanol–water partition coefficient (Wildman–Crippen LogP) is 6.56. The molecule has 1 N–H and O–H groups in total. The summed E-state index contributed by atoms with van der Waals surface area (Å²) in [6.07, 6.45) is -2.94. The van der Waals surface area contributed by atoms with Crippen molar-refractivity contribution in [1.82, 2.24) is 9.47 Å². The number of amidine groups is 2. The van der Waals surface area contributed by atoms with E-state index in [4.69, 9.17) is 5.41 Å². The fourth-order valence-electron chi connectivity index (χ4n) is 4.23. The zero-order valence-electron chi connectivity index (χ0n) is 19.0. The number of nitrogens with one attached hydrogen (secondary N) is 1. The Kier molecular flexibility index (Phi) is 5.71. The average molecular weight is 511 g/mol. The molecule has 2 aliphatic rings. The molecule has 0 spiro atoms. The molecule has 36 heavy (non-hydrogen) atoms. The second-order valence-electron chi connectivity index (χ2n) is 8.28. The van der Waals surface area contributed by atoms with Crippen molar-refractivity contribution in [2.45, 2.75) is 20.0 Å². The van der Waals surface area contributed by atoms with E-state index < -0.39 is 17.6 Å². The van der Waals surface area contributed by atoms with Gasteiger partial charge in [-0.3, -0.25) is 15.1 Å². The van der Waals surface area contributed by atoms with E-state index in [1.54, 1.807) is 48.1 Å². The first-order valence-corrected chi connectivity index (χ1v) is 11.7. The summed E-state index contributed by atoms with van der Waals surface area (Å²) in [5, 5.41) is 10.8. The lowest BCUT2D eigenvalue weighted by Crippen LogP contribution is -2.38. The number of carbonyl (C=O) groups excluding carboxylic acids is 1. The largest absolute Gasteiger partial charge is 0.416 e. The van der Waals surface area contributed by atoms with Gasteiger partial charge in [0.05, 0.1) is 16.8 Å². The van der Waals surface area contributed by atoms with E-state index in [-0.39, 0.29) is 17.2 Å². The predicted molar refractivity (Wildman–Crippen MR) is 132 cm³/mol. The van der Waals surface area contributed by atoms with Crippen LogP contribution in [0.5, 0.6) is 0 Å². The van der Waals surface area contributed by atoms with E-state index in [0.717, 1.165) is 12.1 Å². The molecule has 3 heterocycles. The van der Waals surface area contributed by atoms with Gasteiger partial charge in [0.1, 0.15) is 11.7 Å². The lowest BCUT2D eigenvalue weighted by molar-refractivity contribution is -0.137. The SMILES string of the molecule is Cc1cc(C=C2C(=N)N3C(c4ccc(F)cc4)=CSC3=NC2=O)c(C)n1-c1cccc(C(F)(F)F)c1. The molecule has 0 bridgehead atoms. The van der Waals surface area contributed by atoms with E-state index in [2.05, 4.69) is 4.99 Å². The van der Waals surface area contributed by atoms with Crippen molar-refractivity contribution < 1.29 is 22.4 Å². The quantitative estimate of drug-likeness (QED) is 0.321. The molecule has 182 valence electrons. The monoisotopic (exact) mass is 510 g/mol. The molecule has 0 saturated heterocycles. The highest BCUT2D eigenvalue weighted by Gasteiger charge is 2.36. The lowest BCUT2D eigenvalue weighted by Gasteiger charge is -2.27. The third kappa shape index (κ3) is 4.07. The fraction of sp³-hybridized carbons (Fsp3) is 0.115. The van der Waals surface area contributed by atoms with Crippen molar-refractivity contribution in [3.05, 3.63) is 99.5 Å². The fourth-order valence-corrected chi connectivity index (χ4v) is 5.12. The molecule has 5 rings (SSSR count). The van der Waals surface area contributed by atoms with Gasteiger partial charge in [-0.25, -0.2) is 4.39 Å². The standard InChI is InChI=1S/C26H18F4N4OS/c1-14-10-17(15(2)33(14)20-5-3-4-18(12-20)26(28,29)30)11-21-23(31)34-22(13-36-25(34)32-24(21)35)16-6-8-19(27)9-7-16/h3-13,31H,1-2H3. The van der Waals surface area contributed by atoms with Crippen LogP contribution in [0.3, 0.4) is 0 Å². The van der Waals surface area contributed by atoms with Crippen molar-refractivity contribution in [2.75, 3.05) is 0 Å². The minimum absolute atomic E-state index is 0.0403. The van der Waals surface area contributed by atoms with Crippen LogP contribution >= 0.6 is 11.8 Å². The number of hydrogen-bond donors (Lipinski definition) is 1. The van der Waals surface area contributed by atoms with Gasteiger partial charge in [-0.05, 0) is 79.6 Å². The van der Waals surface area contributed by atoms with E-state index in [1.165, 1.54) is 40.9 Å². The molecule has 0 saturated carbocycles. The van der Waals surface area contributed by atoms with Crippen molar-refractivity contribution in [2.24, 2.45) is 4.99 Å². The number of hydrogen-bond acceptors (Lipinski definition) is 3. The number of carbonyl (C=O) groups is 1. The highest BCUT2D eigenvalue weighted by atomic mass is 32.2. The van der Waals surface area contributed by atoms with Crippen molar-refractivity contribution in [3.63, 3.8) is 0 Å². The van der Waals surface area contributed by atoms with Gasteiger partial charge in [0.2, 0.25) is 0 Å². The van der Waals surface area contributed by atoms with E-state index in [1.807, 2.05) is 0 Å². The summed E-state index contributed by atoms with van der Waals surface area (Å²) < 4.78 is 54.8. The summed E-state index contributed by atoms with van der Waals surface area (Å²) in [6, 6.07) is 12.6. The zero-order chi connectivity index (χ0) is 25.8. The number of rotatable bonds is 3. The van der Waals surface area contributed by atoms with Gasteiger partial charge in [0.15, 0.2) is 5.17 Å². The van der Waals surface area contributed by atoms with Crippen LogP contribution in [0.25, 0.3) is 17.5 Å². The Hall–Kier alpha value is -3.92. The Morgan fingerprint density at radius 2 is 1.78 bits per heavy atom. The molecular formula is C26H18F4N4OS. The maximum atomic E-state index is 13.4. The molecule has 2 aliphatic heterocycles. The Balaban J connectivity index is 1.53. The van der Waals surface area contributed by atoms with Crippen LogP contribution in [0.1, 0.15) is 28.1 Å². The summed E-state index contributed by atoms with van der Waals surface area (Å²) in [7, 11) is 0. The van der Waals surface area contributed by atoms with Crippen molar-refractivity contribution in [1.29, 1.82) is 5.41 Å². The number of aryl methyl sites for hydroxylation is 1. The number of benzene rings is 2. The molecule has 0 atom stereocenters. The second-order valence-corrected chi connectivity index (χ2v) is 9.12. The van der Waals surface area contributed by atoms with Crippen LogP contribution < -0.4 is 0 Å². The van der Waals surface area contributed by atoms with Crippen molar-refractivity contribution >= 4 is 40.4 Å². The zero-order valence-corrected chi connectivity index (χ0v) is 19.8. The van der Waals surface area contributed by atoms with Gasteiger partial charge in [-0.15, -0.1) is 0 Å². The topological polar surface area (TPSA) is 61.5 Å². The number of aromatic nitrogens is 1. The highest BCUT2D eigenvalue weighted by molar-refractivity contribution is 8.17. The molecule has 1 amide bonds. The van der Waals surface area contributed by atoms with Crippen molar-refractivity contribution in [3.8, 4) is 5.69 Å². The maximum absolute atomic E-state index is 13.4. The summed E-state index contributed by atoms with van der Waals surface area (Å²) in [4.78, 5) is 18.5. The Labute approximate surface area is 208 Å². The van der Waals surface area contributed by atoms with Crippen LogP contribution in [0, 0.1) is 25.1 Å².